The summed E-state index contributed by atoms with van der Waals surface area (Å²) in [6, 6.07) is 7.60. The second-order valence-electron chi connectivity index (χ2n) is 6.85. The van der Waals surface area contributed by atoms with Crippen molar-refractivity contribution < 1.29 is 9.21 Å². The molecule has 0 aliphatic carbocycles. The number of guanidine groups is 1. The molecule has 0 atom stereocenters. The van der Waals surface area contributed by atoms with Gasteiger partial charge in [-0.15, -0.1) is 24.0 Å². The van der Waals surface area contributed by atoms with Gasteiger partial charge in [-0.2, -0.15) is 0 Å². The predicted octanol–water partition coefficient (Wildman–Crippen LogP) is 2.67. The van der Waals surface area contributed by atoms with Crippen LogP contribution in [0.25, 0.3) is 0 Å². The maximum atomic E-state index is 12.4. The molecule has 0 saturated carbocycles. The zero-order valence-electron chi connectivity index (χ0n) is 17.9. The number of nitrogens with one attached hydrogen (secondary N) is 1. The summed E-state index contributed by atoms with van der Waals surface area (Å²) in [7, 11) is 1.78. The number of carbonyl (C=O) groups excluding carboxylic acids is 1. The van der Waals surface area contributed by atoms with Crippen molar-refractivity contribution in [3.63, 3.8) is 0 Å². The van der Waals surface area contributed by atoms with Gasteiger partial charge >= 0.3 is 0 Å². The van der Waals surface area contributed by atoms with Crippen LogP contribution in [0.5, 0.6) is 0 Å². The van der Waals surface area contributed by atoms with E-state index in [0.717, 1.165) is 43.5 Å². The quantitative estimate of drug-likeness (QED) is 0.355. The molecule has 0 radical (unpaired) electrons. The first kappa shape index (κ1) is 24.0. The van der Waals surface area contributed by atoms with E-state index < -0.39 is 0 Å². The molecule has 2 aromatic heterocycles. The smallest absolute Gasteiger partial charge is 0.289 e. The number of anilines is 1. The lowest BCUT2D eigenvalue weighted by Gasteiger charge is -2.36. The predicted molar refractivity (Wildman–Crippen MR) is 130 cm³/mol. The molecular weight excluding hydrogens is 495 g/mol. The first-order valence-corrected chi connectivity index (χ1v) is 10.1. The SMILES string of the molecule is CCN(CC)c1ccc(CNC(=NC)N2CCN(C(=O)c3ccco3)CC2)cn1.I. The maximum Gasteiger partial charge on any atom is 0.289 e. The van der Waals surface area contributed by atoms with E-state index in [9.17, 15) is 4.79 Å². The number of carbonyl (C=O) groups is 1. The highest BCUT2D eigenvalue weighted by Crippen LogP contribution is 2.12. The van der Waals surface area contributed by atoms with Crippen molar-refractivity contribution in [2.75, 3.05) is 51.2 Å². The first-order chi connectivity index (χ1) is 14.2. The van der Waals surface area contributed by atoms with E-state index in [1.54, 1.807) is 19.2 Å². The lowest BCUT2D eigenvalue weighted by Crippen LogP contribution is -2.53. The number of halogens is 1. The number of rotatable bonds is 6. The van der Waals surface area contributed by atoms with E-state index >= 15 is 0 Å². The molecule has 0 bridgehead atoms. The molecule has 9 heteroatoms. The Kier molecular flexibility index (Phi) is 9.41. The second kappa shape index (κ2) is 11.8. The van der Waals surface area contributed by atoms with Crippen LogP contribution in [0.3, 0.4) is 0 Å². The van der Waals surface area contributed by atoms with Gasteiger partial charge in [-0.3, -0.25) is 9.79 Å². The maximum absolute atomic E-state index is 12.4. The minimum atomic E-state index is -0.0584. The summed E-state index contributed by atoms with van der Waals surface area (Å²) in [5.74, 6) is 2.17. The fourth-order valence-electron chi connectivity index (χ4n) is 3.45. The van der Waals surface area contributed by atoms with Gasteiger partial charge in [0.2, 0.25) is 0 Å². The van der Waals surface area contributed by atoms with Crippen molar-refractivity contribution in [1.29, 1.82) is 0 Å². The standard InChI is InChI=1S/C21H30N6O2.HI/c1-4-25(5-2)19-9-8-17(15-23-19)16-24-21(22-3)27-12-10-26(11-13-27)20(28)18-7-6-14-29-18;/h6-9,14-15H,4-5,10-13,16H2,1-3H3,(H,22,24);1H. The number of amides is 1. The third-order valence-corrected chi connectivity index (χ3v) is 5.16. The van der Waals surface area contributed by atoms with Crippen LogP contribution in [0, 0.1) is 0 Å². The Morgan fingerprint density at radius 3 is 2.40 bits per heavy atom. The molecule has 1 amide bonds. The summed E-state index contributed by atoms with van der Waals surface area (Å²) in [4.78, 5) is 27.6. The van der Waals surface area contributed by atoms with E-state index in [2.05, 4.69) is 51.1 Å². The topological polar surface area (TPSA) is 77.2 Å². The monoisotopic (exact) mass is 526 g/mol. The Bertz CT molecular complexity index is 797. The molecule has 8 nitrogen and oxygen atoms in total. The molecule has 1 saturated heterocycles. The Labute approximate surface area is 195 Å². The Morgan fingerprint density at radius 2 is 1.87 bits per heavy atom. The number of piperazine rings is 1. The molecule has 0 aromatic carbocycles. The van der Waals surface area contributed by atoms with Crippen LogP contribution in [0.4, 0.5) is 5.82 Å². The van der Waals surface area contributed by atoms with Crippen molar-refractivity contribution in [3.8, 4) is 0 Å². The van der Waals surface area contributed by atoms with Gasteiger partial charge in [0.25, 0.3) is 5.91 Å². The molecule has 1 aliphatic heterocycles. The van der Waals surface area contributed by atoms with Gasteiger partial charge in [-0.1, -0.05) is 6.07 Å². The van der Waals surface area contributed by atoms with E-state index in [1.165, 1.54) is 6.26 Å². The number of pyridine rings is 1. The lowest BCUT2D eigenvalue weighted by atomic mass is 10.2. The molecule has 3 rings (SSSR count). The molecule has 0 unspecified atom stereocenters. The minimum absolute atomic E-state index is 0. The van der Waals surface area contributed by atoms with Crippen LogP contribution in [0.1, 0.15) is 30.0 Å². The van der Waals surface area contributed by atoms with Crippen LogP contribution in [0.2, 0.25) is 0 Å². The number of aliphatic imine (C=N–C) groups is 1. The van der Waals surface area contributed by atoms with E-state index in [-0.39, 0.29) is 29.9 Å². The molecule has 164 valence electrons. The number of aromatic nitrogens is 1. The van der Waals surface area contributed by atoms with Crippen molar-refractivity contribution >= 4 is 41.7 Å². The third kappa shape index (κ3) is 5.87. The van der Waals surface area contributed by atoms with Gasteiger partial charge in [-0.05, 0) is 37.6 Å². The van der Waals surface area contributed by atoms with Gasteiger partial charge in [0.1, 0.15) is 5.82 Å². The Balaban J connectivity index is 0.00000320. The summed E-state index contributed by atoms with van der Waals surface area (Å²) >= 11 is 0. The van der Waals surface area contributed by atoms with Gasteiger partial charge in [-0.25, -0.2) is 4.98 Å². The largest absolute Gasteiger partial charge is 0.459 e. The van der Waals surface area contributed by atoms with Crippen molar-refractivity contribution in [2.45, 2.75) is 20.4 Å². The molecule has 2 aromatic rings. The average molecular weight is 526 g/mol. The van der Waals surface area contributed by atoms with Gasteiger partial charge in [0.15, 0.2) is 11.7 Å². The van der Waals surface area contributed by atoms with Gasteiger partial charge in [0, 0.05) is 59.1 Å². The molecule has 0 spiro atoms. The Hall–Kier alpha value is -2.30. The highest BCUT2D eigenvalue weighted by molar-refractivity contribution is 14.0. The number of furan rings is 1. The third-order valence-electron chi connectivity index (χ3n) is 5.16. The summed E-state index contributed by atoms with van der Waals surface area (Å²) in [5.41, 5.74) is 1.11. The summed E-state index contributed by atoms with van der Waals surface area (Å²) < 4.78 is 5.22. The van der Waals surface area contributed by atoms with E-state index in [4.69, 9.17) is 4.42 Å². The summed E-state index contributed by atoms with van der Waals surface area (Å²) in [5, 5.41) is 3.40. The minimum Gasteiger partial charge on any atom is -0.459 e. The first-order valence-electron chi connectivity index (χ1n) is 10.1. The fraction of sp³-hybridized carbons (Fsp3) is 0.476. The lowest BCUT2D eigenvalue weighted by molar-refractivity contribution is 0.0657. The van der Waals surface area contributed by atoms with Crippen LogP contribution < -0.4 is 10.2 Å². The van der Waals surface area contributed by atoms with Crippen LogP contribution in [-0.2, 0) is 6.54 Å². The highest BCUT2D eigenvalue weighted by Gasteiger charge is 2.25. The number of hydrogen-bond acceptors (Lipinski definition) is 5. The highest BCUT2D eigenvalue weighted by atomic mass is 127. The second-order valence-corrected chi connectivity index (χ2v) is 6.85. The normalized spacial score (nSPS) is 14.3. The van der Waals surface area contributed by atoms with Crippen molar-refractivity contribution in [2.24, 2.45) is 4.99 Å². The number of hydrogen-bond donors (Lipinski definition) is 1. The Morgan fingerprint density at radius 1 is 1.17 bits per heavy atom. The zero-order chi connectivity index (χ0) is 20.6. The zero-order valence-corrected chi connectivity index (χ0v) is 20.2. The summed E-state index contributed by atoms with van der Waals surface area (Å²) in [6.07, 6.45) is 3.44. The molecule has 1 fully saturated rings. The van der Waals surface area contributed by atoms with Crippen LogP contribution >= 0.6 is 24.0 Å². The van der Waals surface area contributed by atoms with Gasteiger partial charge < -0.3 is 24.4 Å². The van der Waals surface area contributed by atoms with E-state index in [1.807, 2.05) is 11.1 Å². The molecule has 1 N–H and O–H groups in total. The molecule has 3 heterocycles. The van der Waals surface area contributed by atoms with Gasteiger partial charge in [0.05, 0.1) is 6.26 Å². The molecule has 30 heavy (non-hydrogen) atoms. The van der Waals surface area contributed by atoms with E-state index in [0.29, 0.717) is 25.4 Å². The average Bonchev–Trinajstić information content (AvgIpc) is 3.31. The van der Waals surface area contributed by atoms with Crippen LogP contribution in [0.15, 0.2) is 46.1 Å². The molecular formula is C21H31IN6O2. The fourth-order valence-corrected chi connectivity index (χ4v) is 3.45. The van der Waals surface area contributed by atoms with Crippen molar-refractivity contribution in [1.82, 2.24) is 20.1 Å². The van der Waals surface area contributed by atoms with Crippen LogP contribution in [-0.4, -0.2) is 73.0 Å². The summed E-state index contributed by atoms with van der Waals surface area (Å²) in [6.45, 7) is 9.55. The molecule has 1 aliphatic rings. The number of nitrogens with zero attached hydrogens (tertiary/aromatic N) is 5. The van der Waals surface area contributed by atoms with Crippen molar-refractivity contribution in [3.05, 3.63) is 48.0 Å².